The van der Waals surface area contributed by atoms with Crippen LogP contribution in [0.4, 0.5) is 13.2 Å². The van der Waals surface area contributed by atoms with Gasteiger partial charge in [0.2, 0.25) is 11.8 Å². The highest BCUT2D eigenvalue weighted by molar-refractivity contribution is 5.87. The van der Waals surface area contributed by atoms with Gasteiger partial charge in [-0.05, 0) is 24.1 Å². The molecule has 2 rings (SSSR count). The number of benzene rings is 2. The van der Waals surface area contributed by atoms with E-state index < -0.39 is 29.7 Å². The molecule has 0 unspecified atom stereocenters. The number of esters is 1. The Morgan fingerprint density at radius 3 is 2.16 bits per heavy atom. The van der Waals surface area contributed by atoms with E-state index in [0.29, 0.717) is 0 Å². The first kappa shape index (κ1) is 24.9. The monoisotopic (exact) mass is 450 g/mol. The van der Waals surface area contributed by atoms with Crippen LogP contribution in [0.1, 0.15) is 42.5 Å². The quantitative estimate of drug-likeness (QED) is 0.572. The molecule has 2 N–H and O–H groups in total. The first-order chi connectivity index (χ1) is 15.1. The Hall–Kier alpha value is -3.36. The highest BCUT2D eigenvalue weighted by atomic mass is 19.4. The Morgan fingerprint density at radius 2 is 1.56 bits per heavy atom. The Bertz CT molecular complexity index is 932. The van der Waals surface area contributed by atoms with Crippen LogP contribution in [-0.4, -0.2) is 30.9 Å². The van der Waals surface area contributed by atoms with Gasteiger partial charge in [-0.15, -0.1) is 0 Å². The number of hydrogen-bond acceptors (Lipinski definition) is 4. The van der Waals surface area contributed by atoms with Gasteiger partial charge >= 0.3 is 12.1 Å². The maximum Gasteiger partial charge on any atom is 0.416 e. The van der Waals surface area contributed by atoms with E-state index in [0.717, 1.165) is 24.8 Å². The molecule has 6 nitrogen and oxygen atoms in total. The third-order valence-electron chi connectivity index (χ3n) is 4.77. The van der Waals surface area contributed by atoms with Crippen LogP contribution in [0.2, 0.25) is 0 Å². The van der Waals surface area contributed by atoms with Crippen LogP contribution in [-0.2, 0) is 31.7 Å². The van der Waals surface area contributed by atoms with Crippen LogP contribution in [0.15, 0.2) is 54.6 Å². The lowest BCUT2D eigenvalue weighted by Gasteiger charge is -2.18. The van der Waals surface area contributed by atoms with Gasteiger partial charge in [0.15, 0.2) is 0 Å². The van der Waals surface area contributed by atoms with Crippen molar-refractivity contribution in [3.05, 3.63) is 71.3 Å². The molecule has 0 spiro atoms. The Labute approximate surface area is 184 Å². The molecule has 0 saturated carbocycles. The summed E-state index contributed by atoms with van der Waals surface area (Å²) in [5.41, 5.74) is 0.274. The standard InChI is InChI=1S/C23H25F3N2O4/c1-15(17-8-4-3-5-9-17)27-20(29)11-12-21(30)28-19(22(31)32-2)14-16-7-6-10-18(13-16)23(24,25)26/h3-10,13,15,19H,11-12,14H2,1-2H3,(H,27,29)(H,28,30)/t15-,19+/m1/s1. The molecular formula is C23H25F3N2O4. The van der Waals surface area contributed by atoms with Crippen molar-refractivity contribution in [1.82, 2.24) is 10.6 Å². The van der Waals surface area contributed by atoms with Gasteiger partial charge in [-0.25, -0.2) is 4.79 Å². The minimum absolute atomic E-state index is 0.111. The van der Waals surface area contributed by atoms with Crippen LogP contribution < -0.4 is 10.6 Å². The molecule has 0 bridgehead atoms. The summed E-state index contributed by atoms with van der Waals surface area (Å²) >= 11 is 0. The van der Waals surface area contributed by atoms with Gasteiger partial charge in [0, 0.05) is 19.3 Å². The van der Waals surface area contributed by atoms with Crippen molar-refractivity contribution in [2.45, 2.75) is 44.4 Å². The zero-order valence-electron chi connectivity index (χ0n) is 17.7. The van der Waals surface area contributed by atoms with Gasteiger partial charge in [-0.2, -0.15) is 13.2 Å². The normalized spacial score (nSPS) is 13.0. The SMILES string of the molecule is COC(=O)[C@H](Cc1cccc(C(F)(F)F)c1)NC(=O)CCC(=O)N[C@H](C)c1ccccc1. The Morgan fingerprint density at radius 1 is 0.938 bits per heavy atom. The van der Waals surface area contributed by atoms with Crippen molar-refractivity contribution in [1.29, 1.82) is 0 Å². The van der Waals surface area contributed by atoms with Crippen LogP contribution in [0.25, 0.3) is 0 Å². The maximum atomic E-state index is 12.9. The van der Waals surface area contributed by atoms with Crippen molar-refractivity contribution < 1.29 is 32.3 Å². The van der Waals surface area contributed by atoms with Crippen molar-refractivity contribution in [2.75, 3.05) is 7.11 Å². The zero-order valence-corrected chi connectivity index (χ0v) is 17.7. The van der Waals surface area contributed by atoms with Gasteiger partial charge in [0.05, 0.1) is 18.7 Å². The number of methoxy groups -OCH3 is 1. The van der Waals surface area contributed by atoms with Crippen molar-refractivity contribution in [2.24, 2.45) is 0 Å². The summed E-state index contributed by atoms with van der Waals surface area (Å²) in [6.07, 6.45) is -5.01. The average Bonchev–Trinajstić information content (AvgIpc) is 2.77. The molecule has 32 heavy (non-hydrogen) atoms. The summed E-state index contributed by atoms with van der Waals surface area (Å²) in [6, 6.07) is 12.4. The smallest absolute Gasteiger partial charge is 0.416 e. The summed E-state index contributed by atoms with van der Waals surface area (Å²) in [4.78, 5) is 36.4. The third-order valence-corrected chi connectivity index (χ3v) is 4.77. The van der Waals surface area contributed by atoms with E-state index in [1.165, 1.54) is 12.1 Å². The number of carbonyl (C=O) groups is 3. The fourth-order valence-electron chi connectivity index (χ4n) is 3.08. The minimum atomic E-state index is -4.52. The predicted molar refractivity (Wildman–Crippen MR) is 111 cm³/mol. The van der Waals surface area contributed by atoms with Gasteiger partial charge in [-0.1, -0.05) is 48.5 Å². The molecule has 2 aromatic carbocycles. The van der Waals surface area contributed by atoms with Gasteiger partial charge in [0.25, 0.3) is 0 Å². The molecule has 2 aromatic rings. The molecule has 0 aliphatic carbocycles. The number of carbonyl (C=O) groups excluding carboxylic acids is 3. The summed E-state index contributed by atoms with van der Waals surface area (Å²) < 4.78 is 43.4. The van der Waals surface area contributed by atoms with Gasteiger partial charge in [0.1, 0.15) is 6.04 Å². The molecule has 0 aliphatic heterocycles. The van der Waals surface area contributed by atoms with Crippen molar-refractivity contribution >= 4 is 17.8 Å². The number of halogens is 3. The van der Waals surface area contributed by atoms with Gasteiger partial charge in [-0.3, -0.25) is 9.59 Å². The molecule has 0 heterocycles. The molecule has 172 valence electrons. The summed E-state index contributed by atoms with van der Waals surface area (Å²) in [5.74, 6) is -1.73. The molecule has 0 aliphatic rings. The molecule has 2 atom stereocenters. The molecule has 0 aromatic heterocycles. The predicted octanol–water partition coefficient (Wildman–Crippen LogP) is 3.56. The zero-order chi connectivity index (χ0) is 23.7. The fourth-order valence-corrected chi connectivity index (χ4v) is 3.08. The van der Waals surface area contributed by atoms with E-state index in [9.17, 15) is 27.6 Å². The minimum Gasteiger partial charge on any atom is -0.467 e. The van der Waals surface area contributed by atoms with Crippen LogP contribution >= 0.6 is 0 Å². The van der Waals surface area contributed by atoms with E-state index in [2.05, 4.69) is 15.4 Å². The Balaban J connectivity index is 1.92. The molecule has 9 heteroatoms. The highest BCUT2D eigenvalue weighted by Gasteiger charge is 2.31. The lowest BCUT2D eigenvalue weighted by atomic mass is 10.0. The number of nitrogens with one attached hydrogen (secondary N) is 2. The number of hydrogen-bond donors (Lipinski definition) is 2. The van der Waals surface area contributed by atoms with Crippen LogP contribution in [0.3, 0.4) is 0 Å². The summed E-state index contributed by atoms with van der Waals surface area (Å²) in [7, 11) is 1.12. The summed E-state index contributed by atoms with van der Waals surface area (Å²) in [5, 5.41) is 5.22. The lowest BCUT2D eigenvalue weighted by Crippen LogP contribution is -2.43. The molecule has 0 saturated heterocycles. The molecule has 0 fully saturated rings. The average molecular weight is 450 g/mol. The first-order valence-electron chi connectivity index (χ1n) is 9.97. The molecular weight excluding hydrogens is 425 g/mol. The fraction of sp³-hybridized carbons (Fsp3) is 0.348. The van der Waals surface area contributed by atoms with Crippen molar-refractivity contribution in [3.63, 3.8) is 0 Å². The Kier molecular flexibility index (Phi) is 8.80. The molecule has 0 radical (unpaired) electrons. The topological polar surface area (TPSA) is 84.5 Å². The number of alkyl halides is 3. The molecule has 2 amide bonds. The van der Waals surface area contributed by atoms with E-state index >= 15 is 0 Å². The van der Waals surface area contributed by atoms with E-state index in [-0.39, 0.29) is 36.8 Å². The first-order valence-corrected chi connectivity index (χ1v) is 9.97. The van der Waals surface area contributed by atoms with Crippen molar-refractivity contribution in [3.8, 4) is 0 Å². The second kappa shape index (κ2) is 11.3. The van der Waals surface area contributed by atoms with Crippen LogP contribution in [0.5, 0.6) is 0 Å². The van der Waals surface area contributed by atoms with Crippen LogP contribution in [0, 0.1) is 0 Å². The number of amides is 2. The second-order valence-electron chi connectivity index (χ2n) is 7.25. The van der Waals surface area contributed by atoms with Gasteiger partial charge < -0.3 is 15.4 Å². The summed E-state index contributed by atoms with van der Waals surface area (Å²) in [6.45, 7) is 1.82. The number of rotatable bonds is 9. The largest absolute Gasteiger partial charge is 0.467 e. The lowest BCUT2D eigenvalue weighted by molar-refractivity contribution is -0.145. The highest BCUT2D eigenvalue weighted by Crippen LogP contribution is 2.29. The van der Waals surface area contributed by atoms with E-state index in [1.807, 2.05) is 37.3 Å². The maximum absolute atomic E-state index is 12.9. The van der Waals surface area contributed by atoms with E-state index in [4.69, 9.17) is 0 Å². The van der Waals surface area contributed by atoms with E-state index in [1.54, 1.807) is 0 Å². The second-order valence-corrected chi connectivity index (χ2v) is 7.25. The number of ether oxygens (including phenoxy) is 1. The third kappa shape index (κ3) is 7.72.